The van der Waals surface area contributed by atoms with Gasteiger partial charge in [-0.1, -0.05) is 25.3 Å². The first-order valence-corrected chi connectivity index (χ1v) is 6.95. The van der Waals surface area contributed by atoms with Crippen LogP contribution in [0.25, 0.3) is 5.65 Å². The number of aromatic nitrogens is 3. The minimum absolute atomic E-state index is 0.720. The number of fused-ring (bicyclic) bond motifs is 1. The second-order valence-electron chi connectivity index (χ2n) is 5.08. The lowest BCUT2D eigenvalue weighted by Gasteiger charge is -2.22. The third-order valence-electron chi connectivity index (χ3n) is 3.77. The van der Waals surface area contributed by atoms with Gasteiger partial charge in [0.25, 0.3) is 0 Å². The smallest absolute Gasteiger partial charge is 0.160 e. The van der Waals surface area contributed by atoms with E-state index in [-0.39, 0.29) is 0 Å². The highest BCUT2D eigenvalue weighted by atomic mass is 15.2. The molecule has 2 aromatic rings. The Morgan fingerprint density at radius 3 is 2.94 bits per heavy atom. The number of nitrogens with zero attached hydrogens (tertiary/aromatic N) is 3. The topological polar surface area (TPSA) is 42.2 Å². The highest BCUT2D eigenvalue weighted by Crippen LogP contribution is 2.17. The molecule has 2 heterocycles. The average molecular weight is 244 g/mol. The molecular formula is C14H20N4. The van der Waals surface area contributed by atoms with Crippen molar-refractivity contribution in [3.8, 4) is 0 Å². The largest absolute Gasteiger partial charge is 0.314 e. The Morgan fingerprint density at radius 1 is 1.17 bits per heavy atom. The Kier molecular flexibility index (Phi) is 3.55. The molecule has 1 aliphatic rings. The van der Waals surface area contributed by atoms with Crippen LogP contribution in [0.3, 0.4) is 0 Å². The van der Waals surface area contributed by atoms with Crippen molar-refractivity contribution < 1.29 is 0 Å². The molecule has 4 nitrogen and oxygen atoms in total. The Bertz CT molecular complexity index is 499. The van der Waals surface area contributed by atoms with Gasteiger partial charge in [-0.2, -0.15) is 0 Å². The molecule has 0 aliphatic heterocycles. The van der Waals surface area contributed by atoms with Crippen LogP contribution in [-0.4, -0.2) is 27.2 Å². The van der Waals surface area contributed by atoms with E-state index in [0.29, 0.717) is 0 Å². The lowest BCUT2D eigenvalue weighted by molar-refractivity contribution is 0.374. The zero-order valence-electron chi connectivity index (χ0n) is 10.7. The summed E-state index contributed by atoms with van der Waals surface area (Å²) in [6.45, 7) is 1.00. The summed E-state index contributed by atoms with van der Waals surface area (Å²) in [4.78, 5) is 0. The van der Waals surface area contributed by atoms with Crippen LogP contribution in [0.1, 0.15) is 37.9 Å². The van der Waals surface area contributed by atoms with E-state index in [9.17, 15) is 0 Å². The Morgan fingerprint density at radius 2 is 2.06 bits per heavy atom. The van der Waals surface area contributed by atoms with Crippen molar-refractivity contribution in [2.75, 3.05) is 6.54 Å². The molecule has 0 spiro atoms. The maximum Gasteiger partial charge on any atom is 0.160 e. The minimum atomic E-state index is 0.720. The first-order valence-electron chi connectivity index (χ1n) is 6.95. The van der Waals surface area contributed by atoms with Gasteiger partial charge in [0.05, 0.1) is 0 Å². The minimum Gasteiger partial charge on any atom is -0.314 e. The Labute approximate surface area is 107 Å². The quantitative estimate of drug-likeness (QED) is 0.896. The molecule has 0 bridgehead atoms. The fraction of sp³-hybridized carbons (Fsp3) is 0.571. The van der Waals surface area contributed by atoms with Crippen LogP contribution in [0.4, 0.5) is 0 Å². The standard InChI is InChI=1S/C14H20N4/c1-2-6-12(7-3-1)15-10-9-14-17-16-13-8-4-5-11-18(13)14/h4-5,8,11-12,15H,1-3,6-7,9-10H2. The number of nitrogens with one attached hydrogen (secondary N) is 1. The van der Waals surface area contributed by atoms with Gasteiger partial charge in [-0.3, -0.25) is 4.40 Å². The van der Waals surface area contributed by atoms with Crippen molar-refractivity contribution in [1.82, 2.24) is 19.9 Å². The molecule has 1 aliphatic carbocycles. The van der Waals surface area contributed by atoms with Crippen molar-refractivity contribution in [3.05, 3.63) is 30.2 Å². The predicted octanol–water partition coefficient (Wildman–Crippen LogP) is 2.19. The van der Waals surface area contributed by atoms with Gasteiger partial charge in [0.2, 0.25) is 0 Å². The third-order valence-corrected chi connectivity index (χ3v) is 3.77. The van der Waals surface area contributed by atoms with Crippen LogP contribution >= 0.6 is 0 Å². The number of hydrogen-bond donors (Lipinski definition) is 1. The van der Waals surface area contributed by atoms with E-state index in [2.05, 4.69) is 19.9 Å². The molecule has 1 N–H and O–H groups in total. The average Bonchev–Trinajstić information content (AvgIpc) is 2.84. The first-order chi connectivity index (χ1) is 8.93. The maximum absolute atomic E-state index is 4.25. The van der Waals surface area contributed by atoms with Crippen LogP contribution in [-0.2, 0) is 6.42 Å². The van der Waals surface area contributed by atoms with E-state index < -0.39 is 0 Å². The molecule has 4 heteroatoms. The van der Waals surface area contributed by atoms with Crippen molar-refractivity contribution in [1.29, 1.82) is 0 Å². The van der Waals surface area contributed by atoms with Crippen molar-refractivity contribution >= 4 is 5.65 Å². The lowest BCUT2D eigenvalue weighted by Crippen LogP contribution is -2.32. The normalized spacial score (nSPS) is 17.3. The summed E-state index contributed by atoms with van der Waals surface area (Å²) < 4.78 is 2.07. The van der Waals surface area contributed by atoms with E-state index in [1.807, 2.05) is 24.4 Å². The molecule has 0 amide bonds. The predicted molar refractivity (Wildman–Crippen MR) is 71.6 cm³/mol. The van der Waals surface area contributed by atoms with Crippen LogP contribution in [0, 0.1) is 0 Å². The highest BCUT2D eigenvalue weighted by molar-refractivity contribution is 5.36. The molecule has 0 saturated heterocycles. The third kappa shape index (κ3) is 2.53. The lowest BCUT2D eigenvalue weighted by atomic mass is 9.95. The fourth-order valence-electron chi connectivity index (χ4n) is 2.76. The maximum atomic E-state index is 4.25. The molecule has 1 fully saturated rings. The summed E-state index contributed by atoms with van der Waals surface area (Å²) in [5.74, 6) is 1.05. The zero-order valence-corrected chi connectivity index (χ0v) is 10.7. The molecule has 96 valence electrons. The van der Waals surface area contributed by atoms with Crippen LogP contribution in [0.2, 0.25) is 0 Å². The number of rotatable bonds is 4. The second-order valence-corrected chi connectivity index (χ2v) is 5.08. The molecule has 0 atom stereocenters. The first kappa shape index (κ1) is 11.7. The monoisotopic (exact) mass is 244 g/mol. The Balaban J connectivity index is 1.56. The molecule has 3 rings (SSSR count). The molecule has 0 unspecified atom stereocenters. The molecule has 0 aromatic carbocycles. The molecule has 18 heavy (non-hydrogen) atoms. The Hall–Kier alpha value is -1.42. The summed E-state index contributed by atoms with van der Waals surface area (Å²) in [7, 11) is 0. The van der Waals surface area contributed by atoms with E-state index in [1.54, 1.807) is 0 Å². The number of hydrogen-bond acceptors (Lipinski definition) is 3. The van der Waals surface area contributed by atoms with Gasteiger partial charge in [-0.25, -0.2) is 0 Å². The fourth-order valence-corrected chi connectivity index (χ4v) is 2.76. The molecule has 2 aromatic heterocycles. The van der Waals surface area contributed by atoms with Crippen molar-refractivity contribution in [3.63, 3.8) is 0 Å². The molecular weight excluding hydrogens is 224 g/mol. The summed E-state index contributed by atoms with van der Waals surface area (Å²) in [5.41, 5.74) is 0.935. The van der Waals surface area contributed by atoms with Crippen LogP contribution < -0.4 is 5.32 Å². The van der Waals surface area contributed by atoms with E-state index in [4.69, 9.17) is 0 Å². The zero-order chi connectivity index (χ0) is 12.2. The van der Waals surface area contributed by atoms with Crippen LogP contribution in [0.15, 0.2) is 24.4 Å². The van der Waals surface area contributed by atoms with Gasteiger partial charge in [0, 0.05) is 25.2 Å². The summed E-state index contributed by atoms with van der Waals surface area (Å²) in [5, 5.41) is 12.1. The summed E-state index contributed by atoms with van der Waals surface area (Å²) >= 11 is 0. The summed E-state index contributed by atoms with van der Waals surface area (Å²) in [6.07, 6.45) is 9.82. The SMILES string of the molecule is c1ccn2c(CCNC3CCCCC3)nnc2c1. The second kappa shape index (κ2) is 5.48. The van der Waals surface area contributed by atoms with E-state index >= 15 is 0 Å². The van der Waals surface area contributed by atoms with Gasteiger partial charge in [0.1, 0.15) is 5.82 Å². The van der Waals surface area contributed by atoms with Crippen LogP contribution in [0.5, 0.6) is 0 Å². The van der Waals surface area contributed by atoms with Gasteiger partial charge < -0.3 is 5.32 Å². The van der Waals surface area contributed by atoms with Crippen molar-refractivity contribution in [2.24, 2.45) is 0 Å². The van der Waals surface area contributed by atoms with Gasteiger partial charge >= 0.3 is 0 Å². The van der Waals surface area contributed by atoms with E-state index in [0.717, 1.165) is 30.5 Å². The summed E-state index contributed by atoms with van der Waals surface area (Å²) in [6, 6.07) is 6.73. The van der Waals surface area contributed by atoms with E-state index in [1.165, 1.54) is 32.1 Å². The molecule has 1 saturated carbocycles. The number of pyridine rings is 1. The van der Waals surface area contributed by atoms with Gasteiger partial charge in [-0.05, 0) is 25.0 Å². The van der Waals surface area contributed by atoms with Gasteiger partial charge in [-0.15, -0.1) is 10.2 Å². The molecule has 0 radical (unpaired) electrons. The highest BCUT2D eigenvalue weighted by Gasteiger charge is 2.12. The van der Waals surface area contributed by atoms with Crippen molar-refractivity contribution in [2.45, 2.75) is 44.6 Å². The van der Waals surface area contributed by atoms with Gasteiger partial charge in [0.15, 0.2) is 5.65 Å².